The second kappa shape index (κ2) is 3.58. The van der Waals surface area contributed by atoms with Crippen LogP contribution in [0.3, 0.4) is 0 Å². The lowest BCUT2D eigenvalue weighted by Gasteiger charge is -1.89. The van der Waals surface area contributed by atoms with Crippen molar-refractivity contribution in [3.05, 3.63) is 27.4 Å². The molecule has 1 aromatic heterocycles. The summed E-state index contributed by atoms with van der Waals surface area (Å²) in [6.07, 6.45) is 0. The first-order valence-electron chi connectivity index (χ1n) is 2.42. The quantitative estimate of drug-likeness (QED) is 0.610. The van der Waals surface area contributed by atoms with E-state index in [-0.39, 0.29) is 23.1 Å². The molecule has 1 N–H and O–H groups in total. The topological polar surface area (TPSA) is 45.8 Å². The van der Waals surface area contributed by atoms with Gasteiger partial charge in [0, 0.05) is 6.07 Å². The van der Waals surface area contributed by atoms with E-state index in [0.717, 1.165) is 0 Å². The van der Waals surface area contributed by atoms with Crippen LogP contribution < -0.4 is 5.56 Å². The minimum absolute atomic E-state index is 0. The number of nitrogens with one attached hydrogen (secondary N) is 1. The highest BCUT2D eigenvalue weighted by Crippen LogP contribution is 1.96. The van der Waals surface area contributed by atoms with Gasteiger partial charge in [-0.25, -0.2) is 4.98 Å². The number of aromatic amines is 1. The average Bonchev–Trinajstić information content (AvgIpc) is 1.59. The van der Waals surface area contributed by atoms with Crippen molar-refractivity contribution in [2.75, 3.05) is 0 Å². The molecule has 0 aliphatic rings. The molecule has 1 rings (SSSR count). The second-order valence-electron chi connectivity index (χ2n) is 1.65. The third-order valence-corrected chi connectivity index (χ3v) is 1.02. The Morgan fingerprint density at radius 3 is 2.70 bits per heavy atom. The second-order valence-corrected chi connectivity index (χ2v) is 2.04. The van der Waals surface area contributed by atoms with Crippen LogP contribution in [0.25, 0.3) is 0 Å². The number of halogens is 2. The van der Waals surface area contributed by atoms with Gasteiger partial charge in [0.15, 0.2) is 0 Å². The van der Waals surface area contributed by atoms with Crippen molar-refractivity contribution in [3.8, 4) is 0 Å². The molecule has 0 aliphatic carbocycles. The molecule has 0 amide bonds. The first-order chi connectivity index (χ1) is 4.18. The predicted molar refractivity (Wildman–Crippen MR) is 41.9 cm³/mol. The fourth-order valence-electron chi connectivity index (χ4n) is 0.543. The normalized spacial score (nSPS) is 8.60. The minimum atomic E-state index is -0.215. The molecule has 1 aromatic rings. The molecule has 10 heavy (non-hydrogen) atoms. The lowest BCUT2D eigenvalue weighted by Crippen LogP contribution is -2.06. The van der Waals surface area contributed by atoms with Gasteiger partial charge in [0.1, 0.15) is 11.0 Å². The summed E-state index contributed by atoms with van der Waals surface area (Å²) in [7, 11) is 0. The van der Waals surface area contributed by atoms with E-state index >= 15 is 0 Å². The molecule has 0 unspecified atom stereocenters. The third-order valence-electron chi connectivity index (χ3n) is 0.829. The molecule has 1 heterocycles. The first kappa shape index (κ1) is 9.46. The molecule has 0 aliphatic heterocycles. The molecule has 3 nitrogen and oxygen atoms in total. The zero-order valence-electron chi connectivity index (χ0n) is 5.22. The van der Waals surface area contributed by atoms with Crippen LogP contribution in [-0.4, -0.2) is 9.97 Å². The standard InChI is InChI=1S/C5H5ClN2O.ClH/c1-3-7-4(6)2-5(9)8-3;/h2H,1H3,(H,7,8,9);1H. The fourth-order valence-corrected chi connectivity index (χ4v) is 0.769. The molecule has 0 radical (unpaired) electrons. The summed E-state index contributed by atoms with van der Waals surface area (Å²) in [5.74, 6) is 0.535. The molecule has 0 spiro atoms. The summed E-state index contributed by atoms with van der Waals surface area (Å²) in [5.41, 5.74) is -0.215. The minimum Gasteiger partial charge on any atom is -0.311 e. The van der Waals surface area contributed by atoms with Gasteiger partial charge in [0.2, 0.25) is 0 Å². The first-order valence-corrected chi connectivity index (χ1v) is 2.80. The Balaban J connectivity index is 0.000000810. The highest BCUT2D eigenvalue weighted by Gasteiger charge is 1.90. The molecule has 0 atom stereocenters. The number of aromatic nitrogens is 2. The van der Waals surface area contributed by atoms with Crippen LogP contribution in [0.1, 0.15) is 5.82 Å². The molecular weight excluding hydrogens is 175 g/mol. The Hall–Kier alpha value is -0.540. The highest BCUT2D eigenvalue weighted by molar-refractivity contribution is 6.29. The van der Waals surface area contributed by atoms with E-state index in [4.69, 9.17) is 11.6 Å². The monoisotopic (exact) mass is 180 g/mol. The number of nitrogens with zero attached hydrogens (tertiary/aromatic N) is 1. The van der Waals surface area contributed by atoms with E-state index in [0.29, 0.717) is 5.82 Å². The van der Waals surface area contributed by atoms with E-state index in [9.17, 15) is 4.79 Å². The lowest BCUT2D eigenvalue weighted by atomic mass is 10.6. The fraction of sp³-hybridized carbons (Fsp3) is 0.200. The van der Waals surface area contributed by atoms with Crippen molar-refractivity contribution in [1.29, 1.82) is 0 Å². The van der Waals surface area contributed by atoms with E-state index in [1.807, 2.05) is 0 Å². The Labute approximate surface area is 68.9 Å². The molecule has 0 saturated heterocycles. The van der Waals surface area contributed by atoms with E-state index in [2.05, 4.69) is 9.97 Å². The molecule has 0 fully saturated rings. The summed E-state index contributed by atoms with van der Waals surface area (Å²) < 4.78 is 0. The Kier molecular flexibility index (Phi) is 3.39. The zero-order chi connectivity index (χ0) is 6.85. The van der Waals surface area contributed by atoms with Gasteiger partial charge >= 0.3 is 0 Å². The van der Waals surface area contributed by atoms with Crippen LogP contribution in [0.2, 0.25) is 5.15 Å². The largest absolute Gasteiger partial charge is 0.311 e. The molecule has 0 bridgehead atoms. The van der Waals surface area contributed by atoms with Gasteiger partial charge < -0.3 is 4.98 Å². The zero-order valence-corrected chi connectivity index (χ0v) is 6.79. The number of hydrogen-bond donors (Lipinski definition) is 1. The van der Waals surface area contributed by atoms with Crippen LogP contribution in [0.15, 0.2) is 10.9 Å². The van der Waals surface area contributed by atoms with E-state index in [1.54, 1.807) is 6.92 Å². The van der Waals surface area contributed by atoms with Gasteiger partial charge in [-0.15, -0.1) is 12.4 Å². The van der Waals surface area contributed by atoms with E-state index < -0.39 is 0 Å². The summed E-state index contributed by atoms with van der Waals surface area (Å²) in [5, 5.41) is 0.233. The summed E-state index contributed by atoms with van der Waals surface area (Å²) >= 11 is 5.42. The number of rotatable bonds is 0. The van der Waals surface area contributed by atoms with Crippen LogP contribution in [0.5, 0.6) is 0 Å². The number of aryl methyl sites for hydroxylation is 1. The Bertz CT molecular complexity index is 247. The van der Waals surface area contributed by atoms with Gasteiger partial charge in [0.25, 0.3) is 5.56 Å². The highest BCUT2D eigenvalue weighted by atomic mass is 35.5. The molecule has 0 saturated carbocycles. The maximum atomic E-state index is 10.5. The lowest BCUT2D eigenvalue weighted by molar-refractivity contribution is 1.02. The number of hydrogen-bond acceptors (Lipinski definition) is 2. The number of H-pyrrole nitrogens is 1. The molecule has 56 valence electrons. The molecular formula is C5H6Cl2N2O. The van der Waals surface area contributed by atoms with Gasteiger partial charge in [-0.2, -0.15) is 0 Å². The van der Waals surface area contributed by atoms with Gasteiger partial charge in [0.05, 0.1) is 0 Å². The summed E-state index contributed by atoms with van der Waals surface area (Å²) in [6, 6.07) is 1.23. The SMILES string of the molecule is Cc1nc(Cl)cc(=O)[nH]1.Cl. The third kappa shape index (κ3) is 2.37. The molecule has 5 heteroatoms. The maximum absolute atomic E-state index is 10.5. The Morgan fingerprint density at radius 2 is 2.30 bits per heavy atom. The van der Waals surface area contributed by atoms with E-state index in [1.165, 1.54) is 6.07 Å². The summed E-state index contributed by atoms with van der Waals surface area (Å²) in [4.78, 5) is 16.7. The maximum Gasteiger partial charge on any atom is 0.252 e. The van der Waals surface area contributed by atoms with Crippen molar-refractivity contribution in [2.45, 2.75) is 6.92 Å². The van der Waals surface area contributed by atoms with Crippen LogP contribution in [0, 0.1) is 6.92 Å². The van der Waals surface area contributed by atoms with Gasteiger partial charge in [-0.3, -0.25) is 4.79 Å². The van der Waals surface area contributed by atoms with Crippen molar-refractivity contribution in [1.82, 2.24) is 9.97 Å². The van der Waals surface area contributed by atoms with Crippen molar-refractivity contribution in [2.24, 2.45) is 0 Å². The van der Waals surface area contributed by atoms with Gasteiger partial charge in [-0.1, -0.05) is 11.6 Å². The van der Waals surface area contributed by atoms with Crippen molar-refractivity contribution in [3.63, 3.8) is 0 Å². The predicted octanol–water partition coefficient (Wildman–Crippen LogP) is 1.15. The summed E-state index contributed by atoms with van der Waals surface area (Å²) in [6.45, 7) is 1.67. The van der Waals surface area contributed by atoms with Gasteiger partial charge in [-0.05, 0) is 6.92 Å². The van der Waals surface area contributed by atoms with Crippen LogP contribution >= 0.6 is 24.0 Å². The van der Waals surface area contributed by atoms with Crippen molar-refractivity contribution < 1.29 is 0 Å². The van der Waals surface area contributed by atoms with Crippen molar-refractivity contribution >= 4 is 24.0 Å². The van der Waals surface area contributed by atoms with Crippen LogP contribution in [0.4, 0.5) is 0 Å². The average molecular weight is 181 g/mol. The van der Waals surface area contributed by atoms with Crippen LogP contribution in [-0.2, 0) is 0 Å². The smallest absolute Gasteiger partial charge is 0.252 e. The Morgan fingerprint density at radius 1 is 1.70 bits per heavy atom. The molecule has 0 aromatic carbocycles.